The lowest BCUT2D eigenvalue weighted by atomic mass is 9.98. The molecule has 0 saturated carbocycles. The van der Waals surface area contributed by atoms with Crippen molar-refractivity contribution >= 4 is 10.0 Å². The molecule has 1 aromatic carbocycles. The fraction of sp³-hybridized carbons (Fsp3) is 0.500. The van der Waals surface area contributed by atoms with Crippen LogP contribution in [0.15, 0.2) is 39.6 Å². The van der Waals surface area contributed by atoms with Crippen molar-refractivity contribution in [1.82, 2.24) is 14.5 Å². The number of rotatable bonds is 4. The van der Waals surface area contributed by atoms with E-state index < -0.39 is 10.0 Å². The summed E-state index contributed by atoms with van der Waals surface area (Å²) in [6.45, 7) is 4.96. The van der Waals surface area contributed by atoms with E-state index in [1.54, 1.807) is 28.6 Å². The zero-order chi connectivity index (χ0) is 16.4. The molecule has 0 unspecified atom stereocenters. The van der Waals surface area contributed by atoms with E-state index in [0.717, 1.165) is 0 Å². The minimum atomic E-state index is -3.41. The minimum absolute atomic E-state index is 0.136. The Morgan fingerprint density at radius 2 is 1.78 bits per heavy atom. The summed E-state index contributed by atoms with van der Waals surface area (Å²) in [5.41, 5.74) is 0. The van der Waals surface area contributed by atoms with E-state index in [0.29, 0.717) is 42.6 Å². The standard InChI is InChI=1S/C16H21N3O3S/c1-12(2)15-17-18-16(22-15)13-8-10-19(11-9-13)23(20,21)14-6-4-3-5-7-14/h3-7,12-13H,8-11H2,1-2H3. The number of hydrogen-bond donors (Lipinski definition) is 0. The quantitative estimate of drug-likeness (QED) is 0.858. The van der Waals surface area contributed by atoms with Crippen LogP contribution in [0.2, 0.25) is 0 Å². The monoisotopic (exact) mass is 335 g/mol. The SMILES string of the molecule is CC(C)c1nnc(C2CCN(S(=O)(=O)c3ccccc3)CC2)o1. The summed E-state index contributed by atoms with van der Waals surface area (Å²) < 4.78 is 32.4. The molecule has 1 saturated heterocycles. The highest BCUT2D eigenvalue weighted by atomic mass is 32.2. The molecule has 0 N–H and O–H groups in total. The number of nitrogens with zero attached hydrogens (tertiary/aromatic N) is 3. The van der Waals surface area contributed by atoms with Crippen LogP contribution in [0.25, 0.3) is 0 Å². The van der Waals surface area contributed by atoms with Crippen LogP contribution in [-0.2, 0) is 10.0 Å². The summed E-state index contributed by atoms with van der Waals surface area (Å²) in [6, 6.07) is 8.56. The molecule has 0 radical (unpaired) electrons. The van der Waals surface area contributed by atoms with E-state index in [1.807, 2.05) is 19.9 Å². The van der Waals surface area contributed by atoms with Gasteiger partial charge in [0.2, 0.25) is 21.8 Å². The van der Waals surface area contributed by atoms with Crippen molar-refractivity contribution in [2.45, 2.75) is 43.4 Å². The van der Waals surface area contributed by atoms with Gasteiger partial charge in [-0.3, -0.25) is 0 Å². The van der Waals surface area contributed by atoms with Gasteiger partial charge in [-0.2, -0.15) is 4.31 Å². The predicted molar refractivity (Wildman–Crippen MR) is 85.6 cm³/mol. The van der Waals surface area contributed by atoms with E-state index >= 15 is 0 Å². The number of sulfonamides is 1. The number of piperidine rings is 1. The Morgan fingerprint density at radius 1 is 1.13 bits per heavy atom. The van der Waals surface area contributed by atoms with E-state index in [4.69, 9.17) is 4.42 Å². The second-order valence-corrected chi connectivity index (χ2v) is 8.06. The van der Waals surface area contributed by atoms with Gasteiger partial charge in [-0.15, -0.1) is 10.2 Å². The molecule has 7 heteroatoms. The summed E-state index contributed by atoms with van der Waals surface area (Å²) in [5.74, 6) is 1.61. The van der Waals surface area contributed by atoms with Crippen LogP contribution < -0.4 is 0 Å². The molecule has 2 aromatic rings. The topological polar surface area (TPSA) is 76.3 Å². The summed E-state index contributed by atoms with van der Waals surface area (Å²) in [5, 5.41) is 8.18. The molecule has 0 bridgehead atoms. The molecular weight excluding hydrogens is 314 g/mol. The average Bonchev–Trinajstić information content (AvgIpc) is 3.06. The molecule has 23 heavy (non-hydrogen) atoms. The van der Waals surface area contributed by atoms with Gasteiger partial charge >= 0.3 is 0 Å². The van der Waals surface area contributed by atoms with Crippen molar-refractivity contribution in [3.63, 3.8) is 0 Å². The molecule has 124 valence electrons. The summed E-state index contributed by atoms with van der Waals surface area (Å²) in [6.07, 6.45) is 1.40. The first-order chi connectivity index (χ1) is 11.0. The van der Waals surface area contributed by atoms with Crippen molar-refractivity contribution in [3.05, 3.63) is 42.1 Å². The molecule has 1 aliphatic rings. The van der Waals surface area contributed by atoms with Gasteiger partial charge in [0.15, 0.2) is 0 Å². The van der Waals surface area contributed by atoms with Crippen LogP contribution in [0.3, 0.4) is 0 Å². The second kappa shape index (κ2) is 6.41. The number of aromatic nitrogens is 2. The van der Waals surface area contributed by atoms with E-state index in [1.165, 1.54) is 0 Å². The van der Waals surface area contributed by atoms with Crippen LogP contribution in [0.4, 0.5) is 0 Å². The van der Waals surface area contributed by atoms with E-state index in [9.17, 15) is 8.42 Å². The van der Waals surface area contributed by atoms with E-state index in [2.05, 4.69) is 10.2 Å². The zero-order valence-electron chi connectivity index (χ0n) is 13.3. The lowest BCUT2D eigenvalue weighted by molar-refractivity contribution is 0.285. The van der Waals surface area contributed by atoms with Gasteiger partial charge in [-0.25, -0.2) is 8.42 Å². The van der Waals surface area contributed by atoms with Crippen molar-refractivity contribution in [2.75, 3.05) is 13.1 Å². The number of benzene rings is 1. The lowest BCUT2D eigenvalue weighted by Gasteiger charge is -2.29. The smallest absolute Gasteiger partial charge is 0.243 e. The first-order valence-electron chi connectivity index (χ1n) is 7.87. The van der Waals surface area contributed by atoms with Gasteiger partial charge in [-0.1, -0.05) is 32.0 Å². The van der Waals surface area contributed by atoms with Gasteiger partial charge in [0, 0.05) is 24.9 Å². The molecule has 1 aliphatic heterocycles. The third-order valence-corrected chi connectivity index (χ3v) is 6.05. The Kier molecular flexibility index (Phi) is 4.50. The van der Waals surface area contributed by atoms with Gasteiger partial charge in [0.25, 0.3) is 0 Å². The highest BCUT2D eigenvalue weighted by molar-refractivity contribution is 7.89. The van der Waals surface area contributed by atoms with Crippen LogP contribution in [-0.4, -0.2) is 36.0 Å². The molecule has 1 fully saturated rings. The Balaban J connectivity index is 1.68. The van der Waals surface area contributed by atoms with Gasteiger partial charge in [0.1, 0.15) is 0 Å². The summed E-state index contributed by atoms with van der Waals surface area (Å²) in [4.78, 5) is 0.346. The van der Waals surface area contributed by atoms with Gasteiger partial charge in [-0.05, 0) is 25.0 Å². The first-order valence-corrected chi connectivity index (χ1v) is 9.31. The maximum Gasteiger partial charge on any atom is 0.243 e. The minimum Gasteiger partial charge on any atom is -0.425 e. The first kappa shape index (κ1) is 16.1. The molecule has 2 heterocycles. The summed E-state index contributed by atoms with van der Waals surface area (Å²) >= 11 is 0. The molecule has 3 rings (SSSR count). The fourth-order valence-corrected chi connectivity index (χ4v) is 4.22. The third-order valence-electron chi connectivity index (χ3n) is 4.13. The van der Waals surface area contributed by atoms with Gasteiger partial charge < -0.3 is 4.42 Å². The number of hydrogen-bond acceptors (Lipinski definition) is 5. The predicted octanol–water partition coefficient (Wildman–Crippen LogP) is 2.76. The fourth-order valence-electron chi connectivity index (χ4n) is 2.73. The Morgan fingerprint density at radius 3 is 2.35 bits per heavy atom. The molecule has 6 nitrogen and oxygen atoms in total. The van der Waals surface area contributed by atoms with Crippen LogP contribution in [0, 0.1) is 0 Å². The highest BCUT2D eigenvalue weighted by Crippen LogP contribution is 2.30. The molecule has 0 aliphatic carbocycles. The largest absolute Gasteiger partial charge is 0.425 e. The molecule has 1 aromatic heterocycles. The normalized spacial score (nSPS) is 17.7. The highest BCUT2D eigenvalue weighted by Gasteiger charge is 2.32. The Bertz CT molecular complexity index is 748. The lowest BCUT2D eigenvalue weighted by Crippen LogP contribution is -2.37. The van der Waals surface area contributed by atoms with Crippen LogP contribution in [0.1, 0.15) is 50.3 Å². The van der Waals surface area contributed by atoms with Crippen LogP contribution >= 0.6 is 0 Å². The summed E-state index contributed by atoms with van der Waals surface area (Å²) in [7, 11) is -3.41. The maximum atomic E-state index is 12.6. The molecule has 0 atom stereocenters. The maximum absolute atomic E-state index is 12.6. The van der Waals surface area contributed by atoms with Gasteiger partial charge in [0.05, 0.1) is 4.90 Å². The van der Waals surface area contributed by atoms with Crippen molar-refractivity contribution in [3.8, 4) is 0 Å². The molecule has 0 spiro atoms. The average molecular weight is 335 g/mol. The molecule has 0 amide bonds. The Hall–Kier alpha value is -1.73. The second-order valence-electron chi connectivity index (χ2n) is 6.12. The van der Waals surface area contributed by atoms with E-state index in [-0.39, 0.29) is 11.8 Å². The van der Waals surface area contributed by atoms with Crippen LogP contribution in [0.5, 0.6) is 0 Å². The van der Waals surface area contributed by atoms with Crippen molar-refractivity contribution < 1.29 is 12.8 Å². The zero-order valence-corrected chi connectivity index (χ0v) is 14.2. The third kappa shape index (κ3) is 3.30. The molecular formula is C16H21N3O3S. The van der Waals surface area contributed by atoms with Crippen molar-refractivity contribution in [1.29, 1.82) is 0 Å². The Labute approximate surface area is 136 Å². The van der Waals surface area contributed by atoms with Crippen molar-refractivity contribution in [2.24, 2.45) is 0 Å².